The molecule has 0 saturated carbocycles. The smallest absolute Gasteiger partial charge is 0.276 e. The molecule has 7 nitrogen and oxygen atoms in total. The minimum Gasteiger partial charge on any atom is -0.507 e. The Labute approximate surface area is 171 Å². The molecule has 0 unspecified atom stereocenters. The zero-order valence-electron chi connectivity index (χ0n) is 16.9. The Kier molecular flexibility index (Phi) is 6.02. The molecule has 0 spiro atoms. The largest absolute Gasteiger partial charge is 0.507 e. The van der Waals surface area contributed by atoms with Gasteiger partial charge >= 0.3 is 0 Å². The van der Waals surface area contributed by atoms with Crippen LogP contribution in [0.2, 0.25) is 0 Å². The van der Waals surface area contributed by atoms with Gasteiger partial charge in [-0.1, -0.05) is 17.7 Å². The molecule has 2 aromatic rings. The summed E-state index contributed by atoms with van der Waals surface area (Å²) < 4.78 is 25.1. The van der Waals surface area contributed by atoms with Gasteiger partial charge < -0.3 is 15.1 Å². The molecular formula is C21H27N3O4S. The van der Waals surface area contributed by atoms with Crippen LogP contribution < -0.4 is 9.73 Å². The summed E-state index contributed by atoms with van der Waals surface area (Å²) in [6, 6.07) is 7.91. The summed E-state index contributed by atoms with van der Waals surface area (Å²) in [4.78, 5) is 4.36. The SMILES string of the molecule is C/C(=N/NS(=O)(=O)c1ccc(C)cc1)c1c(O)cc(C)c(O)c1N1CCCCC1. The number of hydrogen-bond acceptors (Lipinski definition) is 6. The molecule has 1 fully saturated rings. The lowest BCUT2D eigenvalue weighted by atomic mass is 10.00. The van der Waals surface area contributed by atoms with Crippen LogP contribution in [0.5, 0.6) is 11.5 Å². The first-order valence-electron chi connectivity index (χ1n) is 9.64. The number of nitrogens with zero attached hydrogens (tertiary/aromatic N) is 2. The molecule has 1 heterocycles. The molecule has 0 radical (unpaired) electrons. The van der Waals surface area contributed by atoms with Crippen molar-refractivity contribution in [3.05, 3.63) is 47.0 Å². The van der Waals surface area contributed by atoms with E-state index in [1.807, 2.05) is 11.8 Å². The Morgan fingerprint density at radius 3 is 2.31 bits per heavy atom. The van der Waals surface area contributed by atoms with E-state index in [0.29, 0.717) is 16.8 Å². The Morgan fingerprint density at radius 1 is 1.07 bits per heavy atom. The van der Waals surface area contributed by atoms with Crippen LogP contribution in [-0.2, 0) is 10.0 Å². The lowest BCUT2D eigenvalue weighted by Crippen LogP contribution is -2.31. The molecule has 156 valence electrons. The van der Waals surface area contributed by atoms with Gasteiger partial charge in [0.2, 0.25) is 0 Å². The second-order valence-electron chi connectivity index (χ2n) is 7.44. The van der Waals surface area contributed by atoms with Gasteiger partial charge in [0, 0.05) is 13.1 Å². The second-order valence-corrected chi connectivity index (χ2v) is 9.10. The van der Waals surface area contributed by atoms with E-state index in [2.05, 4.69) is 9.93 Å². The number of benzene rings is 2. The molecule has 3 rings (SSSR count). The van der Waals surface area contributed by atoms with E-state index in [4.69, 9.17) is 0 Å². The molecule has 1 aliphatic rings. The second kappa shape index (κ2) is 8.32. The molecular weight excluding hydrogens is 390 g/mol. The van der Waals surface area contributed by atoms with Crippen molar-refractivity contribution < 1.29 is 18.6 Å². The van der Waals surface area contributed by atoms with Gasteiger partial charge in [-0.3, -0.25) is 0 Å². The zero-order chi connectivity index (χ0) is 21.2. The standard InChI is InChI=1S/C21H27N3O4S/c1-14-7-9-17(10-8-14)29(27,28)23-22-16(3)19-18(25)13-15(2)21(26)20(19)24-11-5-4-6-12-24/h7-10,13,23,25-26H,4-6,11-12H2,1-3H3/b22-16-. The van der Waals surface area contributed by atoms with Crippen LogP contribution in [0.4, 0.5) is 5.69 Å². The van der Waals surface area contributed by atoms with Crippen molar-refractivity contribution in [2.75, 3.05) is 18.0 Å². The Morgan fingerprint density at radius 2 is 1.69 bits per heavy atom. The topological polar surface area (TPSA) is 102 Å². The van der Waals surface area contributed by atoms with Gasteiger partial charge in [0.05, 0.1) is 21.9 Å². The highest BCUT2D eigenvalue weighted by atomic mass is 32.2. The fourth-order valence-electron chi connectivity index (χ4n) is 3.51. The minimum absolute atomic E-state index is 0.0448. The summed E-state index contributed by atoms with van der Waals surface area (Å²) in [6.07, 6.45) is 3.10. The predicted molar refractivity (Wildman–Crippen MR) is 114 cm³/mol. The molecule has 3 N–H and O–H groups in total. The highest BCUT2D eigenvalue weighted by Crippen LogP contribution is 2.41. The number of phenols is 2. The summed E-state index contributed by atoms with van der Waals surface area (Å²) in [5, 5.41) is 25.3. The molecule has 0 amide bonds. The third-order valence-electron chi connectivity index (χ3n) is 5.14. The molecule has 0 aliphatic carbocycles. The van der Waals surface area contributed by atoms with E-state index in [9.17, 15) is 18.6 Å². The number of aryl methyl sites for hydroxylation is 2. The zero-order valence-corrected chi connectivity index (χ0v) is 17.8. The molecule has 29 heavy (non-hydrogen) atoms. The quantitative estimate of drug-likeness (QED) is 0.393. The van der Waals surface area contributed by atoms with E-state index in [0.717, 1.165) is 37.9 Å². The number of hydrazone groups is 1. The molecule has 0 bridgehead atoms. The maximum Gasteiger partial charge on any atom is 0.276 e. The van der Waals surface area contributed by atoms with Gasteiger partial charge in [-0.25, -0.2) is 0 Å². The minimum atomic E-state index is -3.84. The van der Waals surface area contributed by atoms with Crippen molar-refractivity contribution in [2.45, 2.75) is 44.9 Å². The number of aromatic hydroxyl groups is 2. The predicted octanol–water partition coefficient (Wildman–Crippen LogP) is 3.41. The Bertz CT molecular complexity index is 1020. The van der Waals surface area contributed by atoms with Crippen molar-refractivity contribution in [3.63, 3.8) is 0 Å². The Hall–Kier alpha value is -2.74. The number of sulfonamides is 1. The molecule has 1 saturated heterocycles. The first-order chi connectivity index (χ1) is 13.7. The normalized spacial score (nSPS) is 15.4. The van der Waals surface area contributed by atoms with Crippen molar-refractivity contribution in [1.82, 2.24) is 4.83 Å². The summed E-state index contributed by atoms with van der Waals surface area (Å²) in [5.41, 5.74) is 2.61. The monoisotopic (exact) mass is 417 g/mol. The number of rotatable bonds is 5. The Balaban J connectivity index is 1.98. The van der Waals surface area contributed by atoms with Gasteiger partial charge in [-0.15, -0.1) is 0 Å². The van der Waals surface area contributed by atoms with E-state index in [1.165, 1.54) is 18.2 Å². The molecule has 2 aromatic carbocycles. The third kappa shape index (κ3) is 4.48. The van der Waals surface area contributed by atoms with Gasteiger partial charge in [-0.2, -0.15) is 18.4 Å². The highest BCUT2D eigenvalue weighted by Gasteiger charge is 2.24. The number of phenolic OH excluding ortho intramolecular Hbond substituents is 2. The maximum atomic E-state index is 12.5. The summed E-state index contributed by atoms with van der Waals surface area (Å²) >= 11 is 0. The number of anilines is 1. The number of piperidine rings is 1. The fourth-order valence-corrected chi connectivity index (χ4v) is 4.37. The summed E-state index contributed by atoms with van der Waals surface area (Å²) in [5.74, 6) is 0.0345. The van der Waals surface area contributed by atoms with Gasteiger partial charge in [-0.05, 0) is 63.8 Å². The average molecular weight is 418 g/mol. The van der Waals surface area contributed by atoms with Gasteiger partial charge in [0.25, 0.3) is 10.0 Å². The molecule has 8 heteroatoms. The third-order valence-corrected chi connectivity index (χ3v) is 6.37. The molecule has 0 atom stereocenters. The number of nitrogens with one attached hydrogen (secondary N) is 1. The van der Waals surface area contributed by atoms with Crippen LogP contribution in [0.15, 0.2) is 40.3 Å². The van der Waals surface area contributed by atoms with Crippen molar-refractivity contribution >= 4 is 21.4 Å². The first kappa shape index (κ1) is 21.0. The van der Waals surface area contributed by atoms with Crippen molar-refractivity contribution in [3.8, 4) is 11.5 Å². The van der Waals surface area contributed by atoms with E-state index in [-0.39, 0.29) is 22.1 Å². The van der Waals surface area contributed by atoms with Gasteiger partial charge in [0.15, 0.2) is 0 Å². The molecule has 1 aliphatic heterocycles. The molecule has 0 aromatic heterocycles. The van der Waals surface area contributed by atoms with E-state index < -0.39 is 10.0 Å². The lowest BCUT2D eigenvalue weighted by molar-refractivity contribution is 0.451. The van der Waals surface area contributed by atoms with Crippen LogP contribution >= 0.6 is 0 Å². The van der Waals surface area contributed by atoms with Crippen LogP contribution in [0, 0.1) is 13.8 Å². The van der Waals surface area contributed by atoms with Gasteiger partial charge in [0.1, 0.15) is 11.5 Å². The lowest BCUT2D eigenvalue weighted by Gasteiger charge is -2.32. The number of hydrogen-bond donors (Lipinski definition) is 3. The average Bonchev–Trinajstić information content (AvgIpc) is 2.69. The van der Waals surface area contributed by atoms with Crippen LogP contribution in [-0.4, -0.2) is 37.4 Å². The van der Waals surface area contributed by atoms with Crippen molar-refractivity contribution in [2.24, 2.45) is 5.10 Å². The summed E-state index contributed by atoms with van der Waals surface area (Å²) in [6.45, 7) is 6.71. The van der Waals surface area contributed by atoms with E-state index in [1.54, 1.807) is 26.0 Å². The summed E-state index contributed by atoms with van der Waals surface area (Å²) in [7, 11) is -3.84. The van der Waals surface area contributed by atoms with Crippen molar-refractivity contribution in [1.29, 1.82) is 0 Å². The van der Waals surface area contributed by atoms with Crippen LogP contribution in [0.1, 0.15) is 42.9 Å². The highest BCUT2D eigenvalue weighted by molar-refractivity contribution is 7.89. The van der Waals surface area contributed by atoms with Crippen LogP contribution in [0.3, 0.4) is 0 Å². The maximum absolute atomic E-state index is 12.5. The first-order valence-corrected chi connectivity index (χ1v) is 11.1. The van der Waals surface area contributed by atoms with Crippen LogP contribution in [0.25, 0.3) is 0 Å². The van der Waals surface area contributed by atoms with E-state index >= 15 is 0 Å². The fraction of sp³-hybridized carbons (Fsp3) is 0.381.